The van der Waals surface area contributed by atoms with Crippen LogP contribution in [0.5, 0.6) is 11.6 Å². The average Bonchev–Trinajstić information content (AvgIpc) is 4.12. The fourth-order valence-corrected chi connectivity index (χ4v) is 10.3. The predicted octanol–water partition coefficient (Wildman–Crippen LogP) is 4.28. The predicted molar refractivity (Wildman–Crippen MR) is 201 cm³/mol. The zero-order valence-electron chi connectivity index (χ0n) is 31.9. The molecule has 5 fully saturated rings. The number of rotatable bonds is 8. The third-order valence-corrected chi connectivity index (χ3v) is 14.6. The molecule has 56 heavy (non-hydrogen) atoms. The summed E-state index contributed by atoms with van der Waals surface area (Å²) >= 11 is 0. The minimum atomic E-state index is -4.66. The van der Waals surface area contributed by atoms with Crippen LogP contribution in [-0.2, 0) is 29.1 Å². The van der Waals surface area contributed by atoms with Crippen molar-refractivity contribution in [2.24, 2.45) is 29.6 Å². The summed E-state index contributed by atoms with van der Waals surface area (Å²) < 4.78 is 60.0. The number of hydrogen-bond acceptors (Lipinski definition) is 10. The molecule has 0 bridgehead atoms. The van der Waals surface area contributed by atoms with Gasteiger partial charge < -0.3 is 29.7 Å². The first-order chi connectivity index (χ1) is 26.7. The number of alkyl carbamates (subject to hydrolysis) is 1. The van der Waals surface area contributed by atoms with Gasteiger partial charge in [0.1, 0.15) is 35.6 Å². The number of ether oxygens (including phenoxy) is 3. The van der Waals surface area contributed by atoms with E-state index in [0.717, 1.165) is 31.1 Å². The van der Waals surface area contributed by atoms with E-state index in [4.69, 9.17) is 14.2 Å². The van der Waals surface area contributed by atoms with Crippen LogP contribution < -0.4 is 24.8 Å². The zero-order valence-corrected chi connectivity index (χ0v) is 32.7. The first kappa shape index (κ1) is 38.4. The molecule has 16 heteroatoms. The molecule has 4 amide bonds. The van der Waals surface area contributed by atoms with E-state index >= 15 is 0 Å². The molecular formula is C40H50FN5O9S. The van der Waals surface area contributed by atoms with Crippen LogP contribution in [0.25, 0.3) is 10.8 Å². The topological polar surface area (TPSA) is 182 Å². The highest BCUT2D eigenvalue weighted by molar-refractivity contribution is 7.91. The summed E-state index contributed by atoms with van der Waals surface area (Å²) in [6, 6.07) is 5.01. The molecule has 8 rings (SSSR count). The van der Waals surface area contributed by atoms with Gasteiger partial charge in [-0.05, 0) is 98.3 Å². The lowest BCUT2D eigenvalue weighted by Gasteiger charge is -2.33. The van der Waals surface area contributed by atoms with Crippen LogP contribution in [-0.4, -0.2) is 90.6 Å². The zero-order chi connectivity index (χ0) is 39.6. The van der Waals surface area contributed by atoms with E-state index in [2.05, 4.69) is 22.5 Å². The van der Waals surface area contributed by atoms with E-state index in [1.54, 1.807) is 25.4 Å². The second-order valence-electron chi connectivity index (χ2n) is 17.0. The molecule has 0 spiro atoms. The van der Waals surface area contributed by atoms with Crippen LogP contribution in [0.4, 0.5) is 9.18 Å². The summed E-state index contributed by atoms with van der Waals surface area (Å²) in [5, 5.41) is 4.64. The lowest BCUT2D eigenvalue weighted by atomic mass is 9.88. The van der Waals surface area contributed by atoms with Gasteiger partial charge in [0.25, 0.3) is 15.9 Å². The molecule has 2 aromatic rings. The number of methoxy groups -OCH3 is 1. The average molecular weight is 796 g/mol. The number of nitrogens with zero attached hydrogens (tertiary/aromatic N) is 2. The van der Waals surface area contributed by atoms with Crippen molar-refractivity contribution in [3.8, 4) is 11.6 Å². The number of benzene rings is 1. The fraction of sp³-hybridized carbons (Fsp3) is 0.625. The van der Waals surface area contributed by atoms with Gasteiger partial charge in [-0.15, -0.1) is 0 Å². The normalized spacial score (nSPS) is 35.4. The second kappa shape index (κ2) is 14.5. The second-order valence-corrected chi connectivity index (χ2v) is 18.9. The number of aromatic nitrogens is 1. The summed E-state index contributed by atoms with van der Waals surface area (Å²) in [6.45, 7) is 3.92. The Morgan fingerprint density at radius 1 is 1.04 bits per heavy atom. The van der Waals surface area contributed by atoms with Crippen molar-refractivity contribution in [1.82, 2.24) is 25.2 Å². The standard InChI is InChI=1S/C40H50FN5O9S/c1-22-6-4-5-7-27-20-40(27,37(49)45-56(51,52)39(41)11-12-39)44-34(47)32-19-30(54-35-31-9-8-28(53-3)16-24(31)10-13-42-35)21-46(32)36(48)33(23(2)14-22)43-38(50)55-29-17-25-15-26(25)18-29/h5,7-10,13,16,22-23,25-27,29-30,32-33H,4,6,11-12,14-15,17-21H2,1-3H3,(H,43,50)(H,44,47)(H,45,49)/b7-5-/t22-,23-,25-,26?,27-,29?,30-,32+,33+,40-/m1/s1. The first-order valence-corrected chi connectivity index (χ1v) is 21.3. The molecule has 4 saturated carbocycles. The van der Waals surface area contributed by atoms with Crippen molar-refractivity contribution in [3.05, 3.63) is 42.6 Å². The molecule has 10 atom stereocenters. The highest BCUT2D eigenvalue weighted by atomic mass is 32.2. The Morgan fingerprint density at radius 3 is 2.54 bits per heavy atom. The summed E-state index contributed by atoms with van der Waals surface area (Å²) in [7, 11) is -3.09. The third-order valence-electron chi connectivity index (χ3n) is 12.7. The van der Waals surface area contributed by atoms with E-state index in [-0.39, 0.29) is 56.0 Å². The van der Waals surface area contributed by atoms with E-state index in [9.17, 15) is 32.0 Å². The number of halogens is 1. The number of fused-ring (bicyclic) bond motifs is 4. The van der Waals surface area contributed by atoms with Crippen LogP contribution in [0, 0.1) is 29.6 Å². The van der Waals surface area contributed by atoms with Crippen LogP contribution >= 0.6 is 0 Å². The van der Waals surface area contributed by atoms with Crippen molar-refractivity contribution in [2.75, 3.05) is 13.7 Å². The number of allylic oxidation sites excluding steroid dienone is 1. The Balaban J connectivity index is 1.10. The van der Waals surface area contributed by atoms with Gasteiger partial charge in [0.05, 0.1) is 13.7 Å². The number of amides is 4. The molecule has 302 valence electrons. The Kier molecular flexibility index (Phi) is 9.93. The minimum Gasteiger partial charge on any atom is -0.497 e. The number of sulfonamides is 1. The Labute approximate surface area is 325 Å². The minimum absolute atomic E-state index is 0.00267. The molecule has 3 N–H and O–H groups in total. The molecule has 14 nitrogen and oxygen atoms in total. The molecule has 1 aromatic heterocycles. The molecule has 0 radical (unpaired) electrons. The van der Waals surface area contributed by atoms with Crippen molar-refractivity contribution >= 4 is 44.6 Å². The van der Waals surface area contributed by atoms with Crippen LogP contribution in [0.1, 0.15) is 78.1 Å². The smallest absolute Gasteiger partial charge is 0.408 e. The molecule has 2 aliphatic heterocycles. The van der Waals surface area contributed by atoms with Gasteiger partial charge in [0, 0.05) is 36.8 Å². The number of hydrogen-bond donors (Lipinski definition) is 3. The van der Waals surface area contributed by atoms with Crippen LogP contribution in [0.3, 0.4) is 0 Å². The highest BCUT2D eigenvalue weighted by Gasteiger charge is 2.64. The lowest BCUT2D eigenvalue weighted by molar-refractivity contribution is -0.142. The summed E-state index contributed by atoms with van der Waals surface area (Å²) in [5.41, 5.74) is -1.68. The maximum Gasteiger partial charge on any atom is 0.408 e. The van der Waals surface area contributed by atoms with Crippen molar-refractivity contribution in [1.29, 1.82) is 0 Å². The Hall–Kier alpha value is -4.47. The lowest BCUT2D eigenvalue weighted by Crippen LogP contribution is -2.59. The maximum atomic E-state index is 14.8. The van der Waals surface area contributed by atoms with Crippen LogP contribution in [0.15, 0.2) is 42.6 Å². The molecule has 1 aromatic carbocycles. The summed E-state index contributed by atoms with van der Waals surface area (Å²) in [4.78, 5) is 62.3. The SMILES string of the molecule is COc1ccc2c(O[C@@H]3C[C@H]4C(=O)N[C@]5(C(=O)NS(=O)(=O)C6(F)CC6)C[C@H]5/C=C\CC[C@@H](C)C[C@@H](C)[C@H](NC(=O)OC5CC6C[C@@H]6C5)C(=O)N4C3)nccc2c1. The quantitative estimate of drug-likeness (QED) is 0.327. The molecule has 4 aliphatic carbocycles. The maximum absolute atomic E-state index is 14.8. The Morgan fingerprint density at radius 2 is 1.80 bits per heavy atom. The number of pyridine rings is 1. The van der Waals surface area contributed by atoms with Gasteiger partial charge in [-0.1, -0.05) is 26.0 Å². The van der Waals surface area contributed by atoms with Gasteiger partial charge in [-0.3, -0.25) is 14.4 Å². The highest BCUT2D eigenvalue weighted by Crippen LogP contribution is 2.52. The largest absolute Gasteiger partial charge is 0.497 e. The summed E-state index contributed by atoms with van der Waals surface area (Å²) in [5.74, 6) is -0.903. The monoisotopic (exact) mass is 795 g/mol. The molecule has 1 saturated heterocycles. The van der Waals surface area contributed by atoms with E-state index in [1.165, 1.54) is 4.90 Å². The van der Waals surface area contributed by atoms with E-state index < -0.39 is 68.5 Å². The Bertz CT molecular complexity index is 2050. The van der Waals surface area contributed by atoms with Gasteiger partial charge in [-0.25, -0.2) is 27.3 Å². The van der Waals surface area contributed by atoms with Gasteiger partial charge in [-0.2, -0.15) is 0 Å². The van der Waals surface area contributed by atoms with Gasteiger partial charge in [0.15, 0.2) is 0 Å². The van der Waals surface area contributed by atoms with E-state index in [1.807, 2.05) is 35.9 Å². The first-order valence-electron chi connectivity index (χ1n) is 19.8. The number of alkyl halides is 1. The number of nitrogens with one attached hydrogen (secondary N) is 3. The van der Waals surface area contributed by atoms with Gasteiger partial charge >= 0.3 is 6.09 Å². The summed E-state index contributed by atoms with van der Waals surface area (Å²) in [6.07, 6.45) is 8.03. The van der Waals surface area contributed by atoms with Crippen molar-refractivity contribution in [3.63, 3.8) is 0 Å². The number of carbonyl (C=O) groups excluding carboxylic acids is 4. The van der Waals surface area contributed by atoms with Crippen LogP contribution in [0.2, 0.25) is 0 Å². The van der Waals surface area contributed by atoms with E-state index in [0.29, 0.717) is 35.8 Å². The fourth-order valence-electron chi connectivity index (χ4n) is 9.06. The molecular weight excluding hydrogens is 746 g/mol. The van der Waals surface area contributed by atoms with Crippen molar-refractivity contribution < 1.29 is 46.2 Å². The van der Waals surface area contributed by atoms with Gasteiger partial charge in [0.2, 0.25) is 22.7 Å². The molecule has 3 heterocycles. The molecule has 2 unspecified atom stereocenters. The molecule has 6 aliphatic rings. The number of carbonyl (C=O) groups is 4. The van der Waals surface area contributed by atoms with Crippen molar-refractivity contribution in [2.45, 2.75) is 113 Å². The third kappa shape index (κ3) is 7.52.